The minimum Gasteiger partial charge on any atom is -0.325 e. The highest BCUT2D eigenvalue weighted by atomic mass is 32.2. The Kier molecular flexibility index (Phi) is 5.79. The van der Waals surface area contributed by atoms with Crippen molar-refractivity contribution < 1.29 is 4.79 Å². The van der Waals surface area contributed by atoms with Crippen molar-refractivity contribution in [2.24, 2.45) is 17.8 Å². The lowest BCUT2D eigenvalue weighted by molar-refractivity contribution is -0.131. The van der Waals surface area contributed by atoms with E-state index < -0.39 is 0 Å². The Morgan fingerprint density at radius 3 is 2.70 bits per heavy atom. The summed E-state index contributed by atoms with van der Waals surface area (Å²) in [6.45, 7) is 9.81. The molecule has 2 rings (SSSR count). The Bertz CT molecular complexity index is 328. The van der Waals surface area contributed by atoms with Gasteiger partial charge in [0.15, 0.2) is 0 Å². The first-order chi connectivity index (χ1) is 9.52. The topological polar surface area (TPSA) is 32.3 Å². The van der Waals surface area contributed by atoms with Crippen molar-refractivity contribution in [3.63, 3.8) is 0 Å². The maximum absolute atomic E-state index is 12.7. The number of rotatable bonds is 6. The molecule has 116 valence electrons. The van der Waals surface area contributed by atoms with Gasteiger partial charge >= 0.3 is 0 Å². The fourth-order valence-corrected chi connectivity index (χ4v) is 4.48. The first kappa shape index (κ1) is 16.2. The molecule has 2 fully saturated rings. The van der Waals surface area contributed by atoms with Gasteiger partial charge in [-0.25, -0.2) is 0 Å². The number of nitrogens with zero attached hydrogens (tertiary/aromatic N) is 1. The fraction of sp³-hybridized carbons (Fsp3) is 0.938. The monoisotopic (exact) mass is 298 g/mol. The second-order valence-electron chi connectivity index (χ2n) is 6.90. The van der Waals surface area contributed by atoms with E-state index in [0.717, 1.165) is 19.4 Å². The van der Waals surface area contributed by atoms with Crippen molar-refractivity contribution in [3.05, 3.63) is 0 Å². The highest BCUT2D eigenvalue weighted by molar-refractivity contribution is 7.99. The number of hydrogen-bond acceptors (Lipinski definition) is 3. The molecule has 4 unspecified atom stereocenters. The Hall–Kier alpha value is -0.220. The summed E-state index contributed by atoms with van der Waals surface area (Å²) in [6.07, 6.45) is 3.66. The molecule has 1 amide bonds. The first-order valence-corrected chi connectivity index (χ1v) is 9.32. The van der Waals surface area contributed by atoms with Crippen LogP contribution >= 0.6 is 11.8 Å². The third-order valence-corrected chi connectivity index (χ3v) is 5.92. The molecular weight excluding hydrogens is 268 g/mol. The lowest BCUT2D eigenvalue weighted by Gasteiger charge is -2.27. The summed E-state index contributed by atoms with van der Waals surface area (Å²) in [7, 11) is 0. The first-order valence-electron chi connectivity index (χ1n) is 8.17. The van der Waals surface area contributed by atoms with E-state index in [-0.39, 0.29) is 12.2 Å². The van der Waals surface area contributed by atoms with Gasteiger partial charge < -0.3 is 4.90 Å². The van der Waals surface area contributed by atoms with Gasteiger partial charge in [-0.1, -0.05) is 34.1 Å². The van der Waals surface area contributed by atoms with Gasteiger partial charge in [0.05, 0.1) is 12.2 Å². The van der Waals surface area contributed by atoms with Gasteiger partial charge in [0, 0.05) is 6.54 Å². The SMILES string of the molecule is CCC(C)C1NC(CC(C)C)N(CC2CCSC2)C1=O. The van der Waals surface area contributed by atoms with Gasteiger partial charge in [-0.05, 0) is 42.1 Å². The van der Waals surface area contributed by atoms with E-state index in [1.54, 1.807) is 0 Å². The maximum Gasteiger partial charge on any atom is 0.241 e. The lowest BCUT2D eigenvalue weighted by atomic mass is 9.99. The van der Waals surface area contributed by atoms with Crippen LogP contribution < -0.4 is 5.32 Å². The second-order valence-corrected chi connectivity index (χ2v) is 8.05. The molecule has 0 aliphatic carbocycles. The van der Waals surface area contributed by atoms with Crippen molar-refractivity contribution in [3.8, 4) is 0 Å². The average Bonchev–Trinajstić information content (AvgIpc) is 3.00. The Balaban J connectivity index is 2.04. The maximum atomic E-state index is 12.7. The number of hydrogen-bond donors (Lipinski definition) is 1. The number of thioether (sulfide) groups is 1. The van der Waals surface area contributed by atoms with E-state index in [1.165, 1.54) is 17.9 Å². The van der Waals surface area contributed by atoms with Crippen LogP contribution in [0.2, 0.25) is 0 Å². The molecule has 20 heavy (non-hydrogen) atoms. The van der Waals surface area contributed by atoms with E-state index in [4.69, 9.17) is 0 Å². The minimum atomic E-state index is 0.0396. The van der Waals surface area contributed by atoms with Crippen molar-refractivity contribution >= 4 is 17.7 Å². The van der Waals surface area contributed by atoms with E-state index in [0.29, 0.717) is 23.7 Å². The predicted octanol–water partition coefficient (Wildman–Crippen LogP) is 2.96. The van der Waals surface area contributed by atoms with Gasteiger partial charge in [0.25, 0.3) is 0 Å². The quantitative estimate of drug-likeness (QED) is 0.818. The van der Waals surface area contributed by atoms with E-state index in [9.17, 15) is 4.79 Å². The van der Waals surface area contributed by atoms with Crippen molar-refractivity contribution in [2.45, 2.75) is 59.2 Å². The zero-order valence-electron chi connectivity index (χ0n) is 13.4. The summed E-state index contributed by atoms with van der Waals surface area (Å²) in [4.78, 5) is 14.9. The molecule has 0 aromatic heterocycles. The average molecular weight is 298 g/mol. The predicted molar refractivity (Wildman–Crippen MR) is 86.8 cm³/mol. The van der Waals surface area contributed by atoms with Crippen LogP contribution in [-0.2, 0) is 4.79 Å². The number of carbonyl (C=O) groups is 1. The normalized spacial score (nSPS) is 32.4. The van der Waals surface area contributed by atoms with Crippen molar-refractivity contribution in [1.29, 1.82) is 0 Å². The Labute approximate surface area is 128 Å². The largest absolute Gasteiger partial charge is 0.325 e. The smallest absolute Gasteiger partial charge is 0.241 e. The van der Waals surface area contributed by atoms with Crippen LogP contribution in [-0.4, -0.2) is 41.1 Å². The molecule has 3 nitrogen and oxygen atoms in total. The summed E-state index contributed by atoms with van der Waals surface area (Å²) in [6, 6.07) is 0.0396. The fourth-order valence-electron chi connectivity index (χ4n) is 3.21. The standard InChI is InChI=1S/C16H30N2OS/c1-5-12(4)15-16(19)18(9-13-6-7-20-10-13)14(17-15)8-11(2)3/h11-15,17H,5-10H2,1-4H3. The highest BCUT2D eigenvalue weighted by Crippen LogP contribution is 2.29. The summed E-state index contributed by atoms with van der Waals surface area (Å²) in [5.41, 5.74) is 0. The molecule has 4 heteroatoms. The summed E-state index contributed by atoms with van der Waals surface area (Å²) >= 11 is 2.04. The third kappa shape index (κ3) is 3.70. The van der Waals surface area contributed by atoms with Gasteiger partial charge in [0.1, 0.15) is 0 Å². The molecule has 4 atom stereocenters. The van der Waals surface area contributed by atoms with E-state index in [2.05, 4.69) is 37.9 Å². The number of amides is 1. The van der Waals surface area contributed by atoms with Crippen molar-refractivity contribution in [1.82, 2.24) is 10.2 Å². The molecule has 0 spiro atoms. The van der Waals surface area contributed by atoms with Crippen LogP contribution in [0.1, 0.15) is 47.0 Å². The molecule has 2 heterocycles. The summed E-state index contributed by atoms with van der Waals surface area (Å²) in [5, 5.41) is 3.62. The Morgan fingerprint density at radius 2 is 2.15 bits per heavy atom. The molecule has 0 aromatic carbocycles. The van der Waals surface area contributed by atoms with E-state index in [1.807, 2.05) is 11.8 Å². The molecule has 0 bridgehead atoms. The number of nitrogens with one attached hydrogen (secondary N) is 1. The van der Waals surface area contributed by atoms with Gasteiger partial charge in [0.2, 0.25) is 5.91 Å². The number of carbonyl (C=O) groups excluding carboxylic acids is 1. The van der Waals surface area contributed by atoms with Gasteiger partial charge in [-0.3, -0.25) is 10.1 Å². The molecular formula is C16H30N2OS. The summed E-state index contributed by atoms with van der Waals surface area (Å²) in [5.74, 6) is 4.60. The van der Waals surface area contributed by atoms with Crippen LogP contribution in [0.15, 0.2) is 0 Å². The molecule has 0 saturated carbocycles. The summed E-state index contributed by atoms with van der Waals surface area (Å²) < 4.78 is 0. The van der Waals surface area contributed by atoms with E-state index >= 15 is 0 Å². The van der Waals surface area contributed by atoms with Crippen LogP contribution in [0.25, 0.3) is 0 Å². The molecule has 0 radical (unpaired) electrons. The molecule has 2 aliphatic rings. The van der Waals surface area contributed by atoms with Crippen LogP contribution in [0.3, 0.4) is 0 Å². The minimum absolute atomic E-state index is 0.0396. The zero-order valence-corrected chi connectivity index (χ0v) is 14.2. The van der Waals surface area contributed by atoms with Gasteiger partial charge in [-0.2, -0.15) is 11.8 Å². The zero-order chi connectivity index (χ0) is 14.7. The van der Waals surface area contributed by atoms with Crippen LogP contribution in [0.4, 0.5) is 0 Å². The van der Waals surface area contributed by atoms with Crippen molar-refractivity contribution in [2.75, 3.05) is 18.1 Å². The van der Waals surface area contributed by atoms with Crippen LogP contribution in [0.5, 0.6) is 0 Å². The molecule has 1 N–H and O–H groups in total. The third-order valence-electron chi connectivity index (χ3n) is 4.68. The highest BCUT2D eigenvalue weighted by Gasteiger charge is 2.41. The molecule has 2 saturated heterocycles. The molecule has 2 aliphatic heterocycles. The van der Waals surface area contributed by atoms with Crippen LogP contribution in [0, 0.1) is 17.8 Å². The lowest BCUT2D eigenvalue weighted by Crippen LogP contribution is -2.41. The Morgan fingerprint density at radius 1 is 1.40 bits per heavy atom. The molecule has 0 aromatic rings. The van der Waals surface area contributed by atoms with Gasteiger partial charge in [-0.15, -0.1) is 0 Å². The second kappa shape index (κ2) is 7.17.